The predicted molar refractivity (Wildman–Crippen MR) is 153 cm³/mol. The number of guanidine groups is 1. The van der Waals surface area contributed by atoms with E-state index in [2.05, 4.69) is 25.6 Å². The van der Waals surface area contributed by atoms with E-state index in [0.29, 0.717) is 57.0 Å². The fourth-order valence-corrected chi connectivity index (χ4v) is 4.84. The first-order valence-electron chi connectivity index (χ1n) is 13.3. The Morgan fingerprint density at radius 3 is 2.46 bits per heavy atom. The van der Waals surface area contributed by atoms with Gasteiger partial charge in [0.15, 0.2) is 28.4 Å². The maximum Gasteiger partial charge on any atom is 0.303 e. The number of aliphatic imine (C=N–C) groups is 1. The summed E-state index contributed by atoms with van der Waals surface area (Å²) < 4.78 is 11.0. The van der Waals surface area contributed by atoms with Gasteiger partial charge in [0.25, 0.3) is 5.91 Å². The van der Waals surface area contributed by atoms with Crippen molar-refractivity contribution in [2.75, 3.05) is 37.7 Å². The number of likely N-dealkylation sites (tertiary alicyclic amines) is 1. The molecule has 1 aromatic heterocycles. The lowest BCUT2D eigenvalue weighted by molar-refractivity contribution is -0.156. The maximum atomic E-state index is 12.9. The molecule has 2 amide bonds. The number of halogens is 1. The van der Waals surface area contributed by atoms with Crippen molar-refractivity contribution >= 4 is 47.0 Å². The molecule has 6 N–H and O–H groups in total. The number of esters is 1. The van der Waals surface area contributed by atoms with Crippen molar-refractivity contribution in [3.63, 3.8) is 0 Å². The van der Waals surface area contributed by atoms with E-state index in [1.165, 1.54) is 6.92 Å². The van der Waals surface area contributed by atoms with E-state index in [0.717, 1.165) is 5.56 Å². The third-order valence-electron chi connectivity index (χ3n) is 6.91. The third-order valence-corrected chi connectivity index (χ3v) is 7.18. The minimum absolute atomic E-state index is 0.0569. The van der Waals surface area contributed by atoms with E-state index in [9.17, 15) is 14.4 Å². The summed E-state index contributed by atoms with van der Waals surface area (Å²) in [5.74, 6) is -0.0776. The lowest BCUT2D eigenvalue weighted by atomic mass is 9.88. The second kappa shape index (κ2) is 12.2. The molecular weight excluding hydrogens is 552 g/mol. The van der Waals surface area contributed by atoms with Crippen LogP contribution in [0, 0.1) is 0 Å². The van der Waals surface area contributed by atoms with Crippen LogP contribution >= 0.6 is 11.6 Å². The number of aryl methyl sites for hydroxylation is 1. The van der Waals surface area contributed by atoms with E-state index < -0.39 is 11.5 Å². The zero-order valence-electron chi connectivity index (χ0n) is 23.3. The summed E-state index contributed by atoms with van der Waals surface area (Å²) in [5.41, 5.74) is 11.2. The number of carbonyl (C=O) groups is 3. The minimum atomic E-state index is -0.726. The van der Waals surface area contributed by atoms with Crippen LogP contribution in [0.25, 0.3) is 0 Å². The molecule has 0 atom stereocenters. The Morgan fingerprint density at radius 1 is 1.12 bits per heavy atom. The summed E-state index contributed by atoms with van der Waals surface area (Å²) in [6.45, 7) is 6.81. The van der Waals surface area contributed by atoms with Crippen molar-refractivity contribution in [1.29, 1.82) is 0 Å². The van der Waals surface area contributed by atoms with Crippen LogP contribution in [-0.4, -0.2) is 76.0 Å². The molecule has 220 valence electrons. The molecule has 3 heterocycles. The van der Waals surface area contributed by atoms with Gasteiger partial charge in [-0.3, -0.25) is 24.7 Å². The average Bonchev–Trinajstić information content (AvgIpc) is 3.29. The van der Waals surface area contributed by atoms with Crippen molar-refractivity contribution in [2.45, 2.75) is 57.6 Å². The average molecular weight is 587 g/mol. The van der Waals surface area contributed by atoms with Crippen molar-refractivity contribution < 1.29 is 23.9 Å². The molecule has 4 rings (SSSR count). The number of carbonyl (C=O) groups excluding carboxylic acids is 3. The summed E-state index contributed by atoms with van der Waals surface area (Å²) in [4.78, 5) is 50.7. The molecule has 1 fully saturated rings. The van der Waals surface area contributed by atoms with Gasteiger partial charge in [-0.05, 0) is 50.8 Å². The number of rotatable bonds is 8. The first kappa shape index (κ1) is 29.8. The quantitative estimate of drug-likeness (QED) is 0.331. The van der Waals surface area contributed by atoms with Gasteiger partial charge in [0, 0.05) is 26.4 Å². The van der Waals surface area contributed by atoms with Crippen LogP contribution in [0.3, 0.4) is 0 Å². The number of ether oxygens (including phenoxy) is 2. The smallest absolute Gasteiger partial charge is 0.303 e. The van der Waals surface area contributed by atoms with Crippen molar-refractivity contribution in [3.05, 3.63) is 40.7 Å². The number of nitrogens with two attached hydrogens (primary N) is 2. The molecule has 14 heteroatoms. The van der Waals surface area contributed by atoms with Gasteiger partial charge in [0.05, 0.1) is 12.1 Å². The van der Waals surface area contributed by atoms with Gasteiger partial charge in [0.1, 0.15) is 18.0 Å². The van der Waals surface area contributed by atoms with Crippen molar-refractivity contribution in [1.82, 2.24) is 25.5 Å². The number of amides is 2. The summed E-state index contributed by atoms with van der Waals surface area (Å²) in [7, 11) is 0. The monoisotopic (exact) mass is 586 g/mol. The number of nitrogens with zero attached hydrogens (tertiary/aromatic N) is 4. The van der Waals surface area contributed by atoms with E-state index in [-0.39, 0.29) is 46.5 Å². The van der Waals surface area contributed by atoms with Crippen LogP contribution < -0.4 is 26.8 Å². The largest absolute Gasteiger partial charge is 0.489 e. The highest BCUT2D eigenvalue weighted by Crippen LogP contribution is 2.27. The first-order valence-corrected chi connectivity index (χ1v) is 13.6. The van der Waals surface area contributed by atoms with E-state index in [4.69, 9.17) is 32.5 Å². The van der Waals surface area contributed by atoms with Gasteiger partial charge in [-0.15, -0.1) is 0 Å². The van der Waals surface area contributed by atoms with Gasteiger partial charge in [-0.2, -0.15) is 0 Å². The van der Waals surface area contributed by atoms with Gasteiger partial charge in [0.2, 0.25) is 5.91 Å². The Balaban J connectivity index is 1.20. The maximum absolute atomic E-state index is 12.9. The number of piperidine rings is 1. The number of anilines is 2. The van der Waals surface area contributed by atoms with Gasteiger partial charge in [-0.1, -0.05) is 23.7 Å². The Kier molecular flexibility index (Phi) is 8.86. The highest BCUT2D eigenvalue weighted by atomic mass is 35.5. The van der Waals surface area contributed by atoms with Gasteiger partial charge >= 0.3 is 5.97 Å². The molecule has 0 bridgehead atoms. The summed E-state index contributed by atoms with van der Waals surface area (Å²) in [5, 5.41) is 5.85. The summed E-state index contributed by atoms with van der Waals surface area (Å²) >= 11 is 5.87. The van der Waals surface area contributed by atoms with E-state index in [1.54, 1.807) is 13.8 Å². The second-order valence-electron chi connectivity index (χ2n) is 10.8. The molecule has 1 saturated heterocycles. The topological polar surface area (TPSA) is 187 Å². The number of nitrogens with one attached hydrogen (secondary N) is 2. The van der Waals surface area contributed by atoms with Gasteiger partial charge in [-0.25, -0.2) is 9.97 Å². The molecular formula is C27H35ClN8O5. The molecule has 2 aromatic rings. The zero-order chi connectivity index (χ0) is 29.8. The molecule has 0 radical (unpaired) electrons. The van der Waals surface area contributed by atoms with E-state index >= 15 is 0 Å². The number of aromatic nitrogens is 2. The molecule has 13 nitrogen and oxygen atoms in total. The lowest BCUT2D eigenvalue weighted by Gasteiger charge is -2.39. The minimum Gasteiger partial charge on any atom is -0.489 e. The number of hydrogen-bond donors (Lipinski definition) is 4. The fourth-order valence-electron chi connectivity index (χ4n) is 4.71. The van der Waals surface area contributed by atoms with Crippen LogP contribution in [0.4, 0.5) is 11.6 Å². The van der Waals surface area contributed by atoms with Gasteiger partial charge < -0.3 is 31.2 Å². The third kappa shape index (κ3) is 7.75. The number of benzene rings is 1. The van der Waals surface area contributed by atoms with Crippen molar-refractivity contribution in [3.8, 4) is 5.75 Å². The van der Waals surface area contributed by atoms with E-state index in [1.807, 2.05) is 29.2 Å². The molecule has 0 aliphatic carbocycles. The van der Waals surface area contributed by atoms with Crippen molar-refractivity contribution in [2.24, 2.45) is 4.99 Å². The van der Waals surface area contributed by atoms with Crippen LogP contribution in [0.15, 0.2) is 29.3 Å². The second-order valence-corrected chi connectivity index (χ2v) is 11.2. The zero-order valence-corrected chi connectivity index (χ0v) is 24.1. The number of hydrogen-bond acceptors (Lipinski definition) is 11. The number of nitrogen functional groups attached to an aromatic ring is 2. The van der Waals surface area contributed by atoms with Crippen LogP contribution in [0.2, 0.25) is 5.15 Å². The molecule has 2 aliphatic heterocycles. The Labute approximate surface area is 243 Å². The first-order chi connectivity index (χ1) is 19.3. The Bertz CT molecular complexity index is 1340. The summed E-state index contributed by atoms with van der Waals surface area (Å²) in [6, 6.07) is 7.55. The highest BCUT2D eigenvalue weighted by Gasteiger charge is 2.40. The fraction of sp³-hybridized carbons (Fsp3) is 0.481. The van der Waals surface area contributed by atoms with Crippen LogP contribution in [0.1, 0.15) is 56.1 Å². The molecule has 2 aliphatic rings. The summed E-state index contributed by atoms with van der Waals surface area (Å²) in [6.07, 6.45) is 2.38. The highest BCUT2D eigenvalue weighted by molar-refractivity contribution is 6.31. The standard InChI is InChI=1S/C27H35ClN8O5/c1-16(37)41-26(2,3)15-40-18-7-4-17(5-8-18)6-9-19(38)36-12-10-27(11-13-36)14-31-25(35-27)34-24(39)20-22(29)33-23(30)21(28)32-20/h4-5,7-8H,6,9-15H2,1-3H3,(H4,29,30,33)(H2,31,34,35,39). The molecule has 0 unspecified atom stereocenters. The van der Waals surface area contributed by atoms with Crippen LogP contribution in [-0.2, 0) is 20.7 Å². The Morgan fingerprint density at radius 2 is 1.80 bits per heavy atom. The molecule has 41 heavy (non-hydrogen) atoms. The molecule has 1 spiro atoms. The predicted octanol–water partition coefficient (Wildman–Crippen LogP) is 1.70. The molecule has 0 saturated carbocycles. The lowest BCUT2D eigenvalue weighted by Crippen LogP contribution is -2.57. The normalized spacial score (nSPS) is 16.1. The van der Waals surface area contributed by atoms with Crippen LogP contribution in [0.5, 0.6) is 5.75 Å². The SMILES string of the molecule is CC(=O)OC(C)(C)COc1ccc(CCC(=O)N2CCC3(CC2)CN=C(NC(=O)c2nc(Cl)c(N)nc2N)N3)cc1. The Hall–Kier alpha value is -4.13. The molecule has 1 aromatic carbocycles.